The molecular formula is C6H7N3. The molecule has 3 nitrogen and oxygen atoms in total. The predicted molar refractivity (Wildman–Crippen MR) is 33.9 cm³/mol. The van der Waals surface area contributed by atoms with Crippen molar-refractivity contribution in [2.75, 3.05) is 0 Å². The normalized spacial score (nSPS) is 31.1. The van der Waals surface area contributed by atoms with Crippen molar-refractivity contribution < 1.29 is 0 Å². The summed E-state index contributed by atoms with van der Waals surface area (Å²) in [6.07, 6.45) is 6.76. The maximum absolute atomic E-state index is 8.43. The zero-order valence-electron chi connectivity index (χ0n) is 4.83. The van der Waals surface area contributed by atoms with Crippen LogP contribution in [0.3, 0.4) is 0 Å². The number of hydrogen-bond donors (Lipinski definition) is 2. The van der Waals surface area contributed by atoms with Gasteiger partial charge in [-0.1, -0.05) is 6.08 Å². The molecule has 0 amide bonds. The Bertz CT molecular complexity index is 199. The first-order chi connectivity index (χ1) is 4.27. The van der Waals surface area contributed by atoms with Crippen molar-refractivity contribution in [1.29, 1.82) is 5.26 Å². The highest BCUT2D eigenvalue weighted by atomic mass is 15.1. The third-order valence-corrected chi connectivity index (χ3v) is 1.07. The van der Waals surface area contributed by atoms with Gasteiger partial charge in [0.05, 0.1) is 0 Å². The monoisotopic (exact) mass is 121 g/mol. The van der Waals surface area contributed by atoms with Crippen LogP contribution in [0.2, 0.25) is 0 Å². The van der Waals surface area contributed by atoms with Crippen molar-refractivity contribution in [1.82, 2.24) is 5.32 Å². The van der Waals surface area contributed by atoms with Crippen LogP contribution in [-0.4, -0.2) is 5.66 Å². The van der Waals surface area contributed by atoms with Crippen LogP contribution in [-0.2, 0) is 0 Å². The number of rotatable bonds is 0. The average Bonchev–Trinajstić information content (AvgIpc) is 1.90. The number of dihydropyridines is 1. The number of allylic oxidation sites excluding steroid dienone is 2. The topological polar surface area (TPSA) is 61.8 Å². The third-order valence-electron chi connectivity index (χ3n) is 1.07. The fourth-order valence-corrected chi connectivity index (χ4v) is 0.567. The van der Waals surface area contributed by atoms with Crippen molar-refractivity contribution in [3.63, 3.8) is 0 Å². The Morgan fingerprint density at radius 2 is 2.33 bits per heavy atom. The second-order valence-electron chi connectivity index (χ2n) is 1.84. The molecule has 0 saturated heterocycles. The zero-order chi connectivity index (χ0) is 6.74. The Kier molecular flexibility index (Phi) is 1.25. The molecule has 0 spiro atoms. The summed E-state index contributed by atoms with van der Waals surface area (Å²) in [5.74, 6) is 0. The lowest BCUT2D eigenvalue weighted by atomic mass is 10.1. The van der Waals surface area contributed by atoms with E-state index in [-0.39, 0.29) is 0 Å². The van der Waals surface area contributed by atoms with Gasteiger partial charge in [0.15, 0.2) is 5.66 Å². The van der Waals surface area contributed by atoms with Crippen molar-refractivity contribution in [2.24, 2.45) is 5.73 Å². The summed E-state index contributed by atoms with van der Waals surface area (Å²) in [6.45, 7) is 0. The second kappa shape index (κ2) is 1.92. The molecule has 0 fully saturated rings. The van der Waals surface area contributed by atoms with Gasteiger partial charge >= 0.3 is 0 Å². The van der Waals surface area contributed by atoms with E-state index in [9.17, 15) is 0 Å². The molecular weight excluding hydrogens is 114 g/mol. The standard InChI is InChI=1S/C6H7N3/c7-5-6(8)3-1-2-4-9-6/h1-4,9H,8H2. The Morgan fingerprint density at radius 3 is 2.67 bits per heavy atom. The summed E-state index contributed by atoms with van der Waals surface area (Å²) in [6, 6.07) is 1.91. The Hall–Kier alpha value is -1.27. The van der Waals surface area contributed by atoms with Crippen LogP contribution in [0.1, 0.15) is 0 Å². The van der Waals surface area contributed by atoms with Crippen LogP contribution >= 0.6 is 0 Å². The molecule has 3 N–H and O–H groups in total. The molecule has 0 aliphatic carbocycles. The van der Waals surface area contributed by atoms with Gasteiger partial charge in [0, 0.05) is 0 Å². The van der Waals surface area contributed by atoms with E-state index in [2.05, 4.69) is 5.32 Å². The molecule has 0 aromatic carbocycles. The number of nitrogens with zero attached hydrogens (tertiary/aromatic N) is 1. The lowest BCUT2D eigenvalue weighted by Gasteiger charge is -2.18. The first kappa shape index (κ1) is 5.86. The van der Waals surface area contributed by atoms with Gasteiger partial charge in [-0.25, -0.2) is 0 Å². The Labute approximate surface area is 53.5 Å². The zero-order valence-corrected chi connectivity index (χ0v) is 4.83. The Morgan fingerprint density at radius 1 is 1.56 bits per heavy atom. The van der Waals surface area contributed by atoms with Crippen molar-refractivity contribution in [3.8, 4) is 6.07 Å². The van der Waals surface area contributed by atoms with Crippen LogP contribution in [0, 0.1) is 11.3 Å². The van der Waals surface area contributed by atoms with Gasteiger partial charge in [0.1, 0.15) is 6.07 Å². The van der Waals surface area contributed by atoms with Gasteiger partial charge in [-0.15, -0.1) is 0 Å². The molecule has 46 valence electrons. The number of nitrogens with one attached hydrogen (secondary N) is 1. The van der Waals surface area contributed by atoms with E-state index < -0.39 is 5.66 Å². The molecule has 3 heteroatoms. The highest BCUT2D eigenvalue weighted by molar-refractivity contribution is 5.25. The summed E-state index contributed by atoms with van der Waals surface area (Å²) in [7, 11) is 0. The molecule has 0 bridgehead atoms. The highest BCUT2D eigenvalue weighted by Crippen LogP contribution is 2.00. The summed E-state index contributed by atoms with van der Waals surface area (Å²) in [4.78, 5) is 0. The predicted octanol–water partition coefficient (Wildman–Crippen LogP) is -0.162. The fourth-order valence-electron chi connectivity index (χ4n) is 0.567. The van der Waals surface area contributed by atoms with Gasteiger partial charge in [-0.05, 0) is 18.4 Å². The van der Waals surface area contributed by atoms with Gasteiger partial charge < -0.3 is 5.32 Å². The molecule has 0 aromatic heterocycles. The van der Waals surface area contributed by atoms with Crippen molar-refractivity contribution >= 4 is 0 Å². The maximum Gasteiger partial charge on any atom is 0.195 e. The molecule has 9 heavy (non-hydrogen) atoms. The van der Waals surface area contributed by atoms with E-state index in [0.29, 0.717) is 0 Å². The third kappa shape index (κ3) is 1.09. The number of nitriles is 1. The largest absolute Gasteiger partial charge is 0.359 e. The first-order valence-electron chi connectivity index (χ1n) is 2.59. The van der Waals surface area contributed by atoms with Crippen molar-refractivity contribution in [2.45, 2.75) is 5.66 Å². The minimum atomic E-state index is -0.991. The average molecular weight is 121 g/mol. The van der Waals surface area contributed by atoms with E-state index >= 15 is 0 Å². The summed E-state index contributed by atoms with van der Waals surface area (Å²) in [5, 5.41) is 11.1. The minimum absolute atomic E-state index is 0.991. The van der Waals surface area contributed by atoms with E-state index in [0.717, 1.165) is 0 Å². The lowest BCUT2D eigenvalue weighted by molar-refractivity contribution is 0.594. The molecule has 1 heterocycles. The number of nitrogens with two attached hydrogens (primary N) is 1. The molecule has 1 aliphatic rings. The van der Waals surface area contributed by atoms with E-state index in [1.165, 1.54) is 0 Å². The molecule has 1 rings (SSSR count). The molecule has 0 radical (unpaired) electrons. The molecule has 0 aromatic rings. The van der Waals surface area contributed by atoms with Gasteiger partial charge in [-0.3, -0.25) is 5.73 Å². The minimum Gasteiger partial charge on any atom is -0.359 e. The van der Waals surface area contributed by atoms with Crippen molar-refractivity contribution in [3.05, 3.63) is 24.4 Å². The van der Waals surface area contributed by atoms with Gasteiger partial charge in [0.25, 0.3) is 0 Å². The van der Waals surface area contributed by atoms with Crippen LogP contribution in [0.5, 0.6) is 0 Å². The van der Waals surface area contributed by atoms with E-state index in [4.69, 9.17) is 11.0 Å². The van der Waals surface area contributed by atoms with Gasteiger partial charge in [-0.2, -0.15) is 5.26 Å². The van der Waals surface area contributed by atoms with E-state index in [1.807, 2.05) is 6.07 Å². The molecule has 1 unspecified atom stereocenters. The fraction of sp³-hybridized carbons (Fsp3) is 0.167. The van der Waals surface area contributed by atoms with Crippen LogP contribution < -0.4 is 11.1 Å². The number of hydrogen-bond acceptors (Lipinski definition) is 3. The summed E-state index contributed by atoms with van der Waals surface area (Å²) >= 11 is 0. The second-order valence-corrected chi connectivity index (χ2v) is 1.84. The summed E-state index contributed by atoms with van der Waals surface area (Å²) in [5.41, 5.74) is 4.46. The van der Waals surface area contributed by atoms with Crippen LogP contribution in [0.25, 0.3) is 0 Å². The Balaban J connectivity index is 2.77. The maximum atomic E-state index is 8.43. The van der Waals surface area contributed by atoms with Crippen LogP contribution in [0.4, 0.5) is 0 Å². The van der Waals surface area contributed by atoms with Crippen LogP contribution in [0.15, 0.2) is 24.4 Å². The molecule has 1 aliphatic heterocycles. The van der Waals surface area contributed by atoms with E-state index in [1.54, 1.807) is 24.4 Å². The quantitative estimate of drug-likeness (QED) is 0.468. The SMILES string of the molecule is N#CC1(N)C=CC=CN1. The first-order valence-corrected chi connectivity index (χ1v) is 2.59. The van der Waals surface area contributed by atoms with Gasteiger partial charge in [0.2, 0.25) is 0 Å². The summed E-state index contributed by atoms with van der Waals surface area (Å²) < 4.78 is 0. The lowest BCUT2D eigenvalue weighted by Crippen LogP contribution is -2.48. The molecule has 1 atom stereocenters. The highest BCUT2D eigenvalue weighted by Gasteiger charge is 2.18. The smallest absolute Gasteiger partial charge is 0.195 e. The molecule has 0 saturated carbocycles.